The monoisotopic (exact) mass is 284 g/mol. The molecule has 0 fully saturated rings. The van der Waals surface area contributed by atoms with Gasteiger partial charge in [0.15, 0.2) is 0 Å². The van der Waals surface area contributed by atoms with E-state index in [1.807, 2.05) is 25.1 Å². The summed E-state index contributed by atoms with van der Waals surface area (Å²) < 4.78 is 15.2. The van der Waals surface area contributed by atoms with E-state index < -0.39 is 5.82 Å². The number of imidazole rings is 1. The minimum atomic E-state index is -0.459. The molecule has 21 heavy (non-hydrogen) atoms. The first-order valence-electron chi connectivity index (χ1n) is 6.95. The summed E-state index contributed by atoms with van der Waals surface area (Å²) in [4.78, 5) is 4.64. The van der Waals surface area contributed by atoms with Crippen LogP contribution in [-0.4, -0.2) is 14.7 Å². The van der Waals surface area contributed by atoms with Crippen LogP contribution in [0.5, 0.6) is 5.75 Å². The van der Waals surface area contributed by atoms with Crippen LogP contribution in [0.25, 0.3) is 22.4 Å². The average Bonchev–Trinajstić information content (AvgIpc) is 2.76. The minimum absolute atomic E-state index is 0.0936. The third-order valence-corrected chi connectivity index (χ3v) is 3.56. The van der Waals surface area contributed by atoms with E-state index in [1.165, 1.54) is 6.07 Å². The van der Waals surface area contributed by atoms with Crippen LogP contribution in [0.4, 0.5) is 4.39 Å². The van der Waals surface area contributed by atoms with Crippen LogP contribution >= 0.6 is 0 Å². The molecule has 1 heterocycles. The summed E-state index contributed by atoms with van der Waals surface area (Å²) in [5, 5.41) is 10.0. The molecule has 1 N–H and O–H groups in total. The number of hydrogen-bond donors (Lipinski definition) is 1. The Balaban J connectivity index is 2.33. The Morgan fingerprint density at radius 3 is 2.57 bits per heavy atom. The molecule has 0 radical (unpaired) electrons. The molecule has 0 unspecified atom stereocenters. The standard InChI is InChI=1S/C17H17FN2O/c1-10(2)20-15-7-4-11(3)8-14(15)19-17(20)13-6-5-12(18)9-16(13)21/h4-10,21H,1-3H3. The highest BCUT2D eigenvalue weighted by atomic mass is 19.1. The SMILES string of the molecule is Cc1ccc2c(c1)nc(-c1ccc(F)cc1O)n2C(C)C. The summed E-state index contributed by atoms with van der Waals surface area (Å²) in [5.41, 5.74) is 3.56. The van der Waals surface area contributed by atoms with Gasteiger partial charge in [-0.05, 0) is 50.6 Å². The van der Waals surface area contributed by atoms with E-state index in [4.69, 9.17) is 0 Å². The first-order valence-corrected chi connectivity index (χ1v) is 6.95. The van der Waals surface area contributed by atoms with Gasteiger partial charge in [-0.2, -0.15) is 0 Å². The lowest BCUT2D eigenvalue weighted by Crippen LogP contribution is -2.03. The Bertz CT molecular complexity index is 821. The van der Waals surface area contributed by atoms with Crippen LogP contribution in [0, 0.1) is 12.7 Å². The number of aromatic hydroxyl groups is 1. The Hall–Kier alpha value is -2.36. The number of hydrogen-bond acceptors (Lipinski definition) is 2. The maximum atomic E-state index is 13.2. The highest BCUT2D eigenvalue weighted by molar-refractivity contribution is 5.82. The van der Waals surface area contributed by atoms with Crippen LogP contribution < -0.4 is 0 Å². The van der Waals surface area contributed by atoms with Crippen molar-refractivity contribution in [1.29, 1.82) is 0 Å². The van der Waals surface area contributed by atoms with Gasteiger partial charge in [0.05, 0.1) is 16.6 Å². The number of halogens is 1. The second-order valence-electron chi connectivity index (χ2n) is 5.55. The largest absolute Gasteiger partial charge is 0.507 e. The maximum Gasteiger partial charge on any atom is 0.145 e. The minimum Gasteiger partial charge on any atom is -0.507 e. The van der Waals surface area contributed by atoms with E-state index in [-0.39, 0.29) is 11.8 Å². The fourth-order valence-corrected chi connectivity index (χ4v) is 2.62. The number of phenolic OH excluding ortho intramolecular Hbond substituents is 1. The average molecular weight is 284 g/mol. The Morgan fingerprint density at radius 1 is 1.14 bits per heavy atom. The van der Waals surface area contributed by atoms with Crippen molar-refractivity contribution in [2.75, 3.05) is 0 Å². The van der Waals surface area contributed by atoms with E-state index in [1.54, 1.807) is 6.07 Å². The molecule has 0 saturated heterocycles. The Kier molecular flexibility index (Phi) is 3.16. The van der Waals surface area contributed by atoms with Crippen LogP contribution in [0.1, 0.15) is 25.5 Å². The molecule has 0 atom stereocenters. The quantitative estimate of drug-likeness (QED) is 0.755. The van der Waals surface area contributed by atoms with Crippen molar-refractivity contribution in [2.45, 2.75) is 26.8 Å². The third kappa shape index (κ3) is 2.27. The molecule has 4 heteroatoms. The molecule has 3 rings (SSSR count). The molecule has 108 valence electrons. The first-order chi connectivity index (χ1) is 9.97. The highest BCUT2D eigenvalue weighted by Gasteiger charge is 2.17. The zero-order valence-electron chi connectivity index (χ0n) is 12.3. The molecular formula is C17H17FN2O. The molecule has 0 aliphatic rings. The zero-order chi connectivity index (χ0) is 15.1. The van der Waals surface area contributed by atoms with Crippen molar-refractivity contribution in [3.8, 4) is 17.1 Å². The van der Waals surface area contributed by atoms with E-state index in [9.17, 15) is 9.50 Å². The number of rotatable bonds is 2. The predicted molar refractivity (Wildman–Crippen MR) is 81.9 cm³/mol. The summed E-state index contributed by atoms with van der Waals surface area (Å²) in [5.74, 6) is 0.103. The predicted octanol–water partition coefficient (Wildman–Crippen LogP) is 4.44. The van der Waals surface area contributed by atoms with E-state index in [0.29, 0.717) is 11.4 Å². The van der Waals surface area contributed by atoms with Crippen LogP contribution in [0.15, 0.2) is 36.4 Å². The molecule has 3 aromatic rings. The molecule has 0 aliphatic carbocycles. The van der Waals surface area contributed by atoms with Crippen molar-refractivity contribution < 1.29 is 9.50 Å². The van der Waals surface area contributed by atoms with Gasteiger partial charge < -0.3 is 9.67 Å². The smallest absolute Gasteiger partial charge is 0.145 e. The van der Waals surface area contributed by atoms with Crippen LogP contribution in [0.3, 0.4) is 0 Å². The van der Waals surface area contributed by atoms with Crippen molar-refractivity contribution >= 4 is 11.0 Å². The number of aryl methyl sites for hydroxylation is 1. The lowest BCUT2D eigenvalue weighted by atomic mass is 10.1. The van der Waals surface area contributed by atoms with Crippen molar-refractivity contribution in [1.82, 2.24) is 9.55 Å². The van der Waals surface area contributed by atoms with Gasteiger partial charge in [-0.1, -0.05) is 6.07 Å². The van der Waals surface area contributed by atoms with Gasteiger partial charge >= 0.3 is 0 Å². The maximum absolute atomic E-state index is 13.2. The fraction of sp³-hybridized carbons (Fsp3) is 0.235. The zero-order valence-corrected chi connectivity index (χ0v) is 12.3. The number of fused-ring (bicyclic) bond motifs is 1. The van der Waals surface area contributed by atoms with Crippen molar-refractivity contribution in [2.24, 2.45) is 0 Å². The molecule has 0 amide bonds. The van der Waals surface area contributed by atoms with Gasteiger partial charge in [-0.3, -0.25) is 0 Å². The van der Waals surface area contributed by atoms with Crippen LogP contribution in [0.2, 0.25) is 0 Å². The van der Waals surface area contributed by atoms with Gasteiger partial charge in [-0.15, -0.1) is 0 Å². The summed E-state index contributed by atoms with van der Waals surface area (Å²) in [6, 6.07) is 10.3. The number of benzene rings is 2. The Morgan fingerprint density at radius 2 is 1.90 bits per heavy atom. The second-order valence-corrected chi connectivity index (χ2v) is 5.55. The molecule has 1 aromatic heterocycles. The highest BCUT2D eigenvalue weighted by Crippen LogP contribution is 2.34. The van der Waals surface area contributed by atoms with Crippen molar-refractivity contribution in [3.05, 3.63) is 47.8 Å². The summed E-state index contributed by atoms with van der Waals surface area (Å²) in [6.45, 7) is 6.14. The lowest BCUT2D eigenvalue weighted by molar-refractivity contribution is 0.470. The summed E-state index contributed by atoms with van der Waals surface area (Å²) in [6.07, 6.45) is 0. The van der Waals surface area contributed by atoms with E-state index in [2.05, 4.69) is 23.4 Å². The molecule has 0 aliphatic heterocycles. The van der Waals surface area contributed by atoms with Gasteiger partial charge in [0, 0.05) is 12.1 Å². The van der Waals surface area contributed by atoms with Crippen molar-refractivity contribution in [3.63, 3.8) is 0 Å². The molecular weight excluding hydrogens is 267 g/mol. The normalized spacial score (nSPS) is 11.5. The summed E-state index contributed by atoms with van der Waals surface area (Å²) >= 11 is 0. The van der Waals surface area contributed by atoms with E-state index >= 15 is 0 Å². The van der Waals surface area contributed by atoms with E-state index in [0.717, 1.165) is 22.7 Å². The first kappa shape index (κ1) is 13.6. The van der Waals surface area contributed by atoms with Crippen LogP contribution in [-0.2, 0) is 0 Å². The third-order valence-electron chi connectivity index (χ3n) is 3.56. The van der Waals surface area contributed by atoms with Gasteiger partial charge in [-0.25, -0.2) is 9.37 Å². The molecule has 0 spiro atoms. The van der Waals surface area contributed by atoms with Gasteiger partial charge in [0.2, 0.25) is 0 Å². The fourth-order valence-electron chi connectivity index (χ4n) is 2.62. The van der Waals surface area contributed by atoms with Gasteiger partial charge in [0.1, 0.15) is 17.4 Å². The molecule has 0 bridgehead atoms. The molecule has 0 saturated carbocycles. The number of nitrogens with zero attached hydrogens (tertiary/aromatic N) is 2. The Labute approximate surface area is 122 Å². The second kappa shape index (κ2) is 4.88. The molecule has 3 nitrogen and oxygen atoms in total. The summed E-state index contributed by atoms with van der Waals surface area (Å²) in [7, 11) is 0. The topological polar surface area (TPSA) is 38.1 Å². The van der Waals surface area contributed by atoms with Gasteiger partial charge in [0.25, 0.3) is 0 Å². The lowest BCUT2D eigenvalue weighted by Gasteiger charge is -2.14. The number of phenols is 1. The number of aromatic nitrogens is 2. The molecule has 2 aromatic carbocycles.